The number of allylic oxidation sites excluding steroid dienone is 2. The van der Waals surface area contributed by atoms with E-state index in [4.69, 9.17) is 4.65 Å². The lowest BCUT2D eigenvalue weighted by Gasteiger charge is -2.44. The zero-order valence-electron chi connectivity index (χ0n) is 24.5. The predicted molar refractivity (Wildman–Crippen MR) is 160 cm³/mol. The monoisotopic (exact) mass is 590 g/mol. The van der Waals surface area contributed by atoms with E-state index in [1.54, 1.807) is 6.07 Å². The van der Waals surface area contributed by atoms with Crippen molar-refractivity contribution in [1.29, 1.82) is 0 Å². The number of amides is 2. The van der Waals surface area contributed by atoms with E-state index in [1.165, 1.54) is 36.4 Å². The highest BCUT2D eigenvalue weighted by molar-refractivity contribution is 6.43. The van der Waals surface area contributed by atoms with Gasteiger partial charge in [0.2, 0.25) is 11.8 Å². The van der Waals surface area contributed by atoms with E-state index in [2.05, 4.69) is 6.92 Å². The molecule has 0 bridgehead atoms. The molecule has 43 heavy (non-hydrogen) atoms. The van der Waals surface area contributed by atoms with Crippen LogP contribution in [-0.2, 0) is 14.2 Å². The summed E-state index contributed by atoms with van der Waals surface area (Å²) in [6.07, 6.45) is 4.77. The van der Waals surface area contributed by atoms with Gasteiger partial charge in [-0.05, 0) is 73.2 Å². The largest absolute Gasteiger partial charge is 0.505 e. The van der Waals surface area contributed by atoms with Crippen molar-refractivity contribution in [2.45, 2.75) is 65.3 Å². The summed E-state index contributed by atoms with van der Waals surface area (Å²) < 4.78 is 20.1. The fourth-order valence-electron chi connectivity index (χ4n) is 7.01. The van der Waals surface area contributed by atoms with Crippen LogP contribution in [0, 0.1) is 39.6 Å². The lowest BCUT2D eigenvalue weighted by Crippen LogP contribution is -2.46. The maximum absolute atomic E-state index is 14.0. The summed E-state index contributed by atoms with van der Waals surface area (Å²) in [7, 11) is -1.12. The van der Waals surface area contributed by atoms with E-state index in [0.29, 0.717) is 24.8 Å². The van der Waals surface area contributed by atoms with Gasteiger partial charge in [-0.3, -0.25) is 19.7 Å². The molecular formula is C32H36BFN2O7. The molecule has 9 nitrogen and oxygen atoms in total. The number of carbonyl (C=O) groups excluding carboxylic acids is 2. The van der Waals surface area contributed by atoms with Gasteiger partial charge in [0.1, 0.15) is 0 Å². The van der Waals surface area contributed by atoms with Crippen LogP contribution in [0.15, 0.2) is 59.2 Å². The fourth-order valence-corrected chi connectivity index (χ4v) is 7.01. The number of hydrogen-bond acceptors (Lipinski definition) is 7. The van der Waals surface area contributed by atoms with Gasteiger partial charge in [-0.2, -0.15) is 0 Å². The molecule has 0 saturated carbocycles. The SMILES string of the molecule is CCC/C(=C\c1ccc(O)c(F)c1)CC[C@H]1OB(O)C[C@H]2C1=C(C(C)C)C[C@H]1C(=O)N(c3cccc([N+](=O)[O-])c3)C(=O)[C@H]12. The number of anilines is 1. The van der Waals surface area contributed by atoms with Crippen LogP contribution >= 0.6 is 0 Å². The summed E-state index contributed by atoms with van der Waals surface area (Å²) in [6, 6.07) is 9.82. The van der Waals surface area contributed by atoms with Crippen LogP contribution in [-0.4, -0.2) is 40.1 Å². The number of nitrogens with zero attached hydrogens (tertiary/aromatic N) is 2. The van der Waals surface area contributed by atoms with E-state index in [0.717, 1.165) is 34.5 Å². The lowest BCUT2D eigenvalue weighted by atomic mass is 9.57. The number of carbonyl (C=O) groups is 2. The van der Waals surface area contributed by atoms with Crippen molar-refractivity contribution in [2.75, 3.05) is 4.90 Å². The Morgan fingerprint density at radius 3 is 2.63 bits per heavy atom. The van der Waals surface area contributed by atoms with Crippen LogP contribution in [0.2, 0.25) is 6.32 Å². The summed E-state index contributed by atoms with van der Waals surface area (Å²) in [6.45, 7) is 6.14. The molecule has 2 aromatic carbocycles. The van der Waals surface area contributed by atoms with Crippen LogP contribution in [0.3, 0.4) is 0 Å². The predicted octanol–water partition coefficient (Wildman–Crippen LogP) is 6.06. The summed E-state index contributed by atoms with van der Waals surface area (Å²) in [4.78, 5) is 39.5. The van der Waals surface area contributed by atoms with E-state index in [9.17, 15) is 34.2 Å². The lowest BCUT2D eigenvalue weighted by molar-refractivity contribution is -0.384. The Morgan fingerprint density at radius 1 is 1.19 bits per heavy atom. The summed E-state index contributed by atoms with van der Waals surface area (Å²) >= 11 is 0. The van der Waals surface area contributed by atoms with E-state index in [-0.39, 0.29) is 29.5 Å². The van der Waals surface area contributed by atoms with Crippen molar-refractivity contribution in [3.8, 4) is 5.75 Å². The van der Waals surface area contributed by atoms with Gasteiger partial charge in [0, 0.05) is 12.1 Å². The highest BCUT2D eigenvalue weighted by Gasteiger charge is 2.58. The molecule has 2 fully saturated rings. The number of benzene rings is 2. The molecule has 2 heterocycles. The van der Waals surface area contributed by atoms with Crippen molar-refractivity contribution in [2.24, 2.45) is 23.7 Å². The van der Waals surface area contributed by atoms with Crippen LogP contribution in [0.4, 0.5) is 15.8 Å². The van der Waals surface area contributed by atoms with Gasteiger partial charge in [0.25, 0.3) is 5.69 Å². The van der Waals surface area contributed by atoms with E-state index in [1.807, 2.05) is 19.9 Å². The first kappa shape index (κ1) is 30.6. The van der Waals surface area contributed by atoms with Gasteiger partial charge in [0.15, 0.2) is 11.6 Å². The summed E-state index contributed by atoms with van der Waals surface area (Å²) in [5.74, 6) is -3.54. The number of halogens is 1. The minimum absolute atomic E-state index is 0.0696. The first-order valence-corrected chi connectivity index (χ1v) is 14.9. The number of phenolic OH excluding ortho intramolecular Hbond substituents is 1. The van der Waals surface area contributed by atoms with E-state index >= 15 is 0 Å². The Kier molecular flexibility index (Phi) is 8.85. The minimum atomic E-state index is -1.12. The molecular weight excluding hydrogens is 554 g/mol. The number of rotatable bonds is 9. The van der Waals surface area contributed by atoms with Crippen molar-refractivity contribution in [3.63, 3.8) is 0 Å². The van der Waals surface area contributed by atoms with Crippen LogP contribution in [0.5, 0.6) is 5.75 Å². The number of fused-ring (bicyclic) bond motifs is 3. The normalized spacial score (nSPS) is 24.1. The molecule has 0 unspecified atom stereocenters. The van der Waals surface area contributed by atoms with Crippen LogP contribution < -0.4 is 4.90 Å². The molecule has 2 aliphatic heterocycles. The zero-order chi connectivity index (χ0) is 31.0. The van der Waals surface area contributed by atoms with Crippen LogP contribution in [0.1, 0.15) is 58.4 Å². The Morgan fingerprint density at radius 2 is 1.95 bits per heavy atom. The first-order valence-electron chi connectivity index (χ1n) is 14.9. The third-order valence-electron chi connectivity index (χ3n) is 8.88. The molecule has 4 atom stereocenters. The molecule has 0 radical (unpaired) electrons. The molecule has 5 rings (SSSR count). The molecule has 2 amide bonds. The van der Waals surface area contributed by atoms with Gasteiger partial charge in [-0.1, -0.05) is 56.5 Å². The minimum Gasteiger partial charge on any atom is -0.505 e. The number of nitro benzene ring substituents is 1. The van der Waals surface area contributed by atoms with Crippen molar-refractivity contribution in [1.82, 2.24) is 0 Å². The quantitative estimate of drug-likeness (QED) is 0.119. The Balaban J connectivity index is 1.45. The van der Waals surface area contributed by atoms with Crippen molar-refractivity contribution >= 4 is 36.4 Å². The molecule has 0 aromatic heterocycles. The third-order valence-corrected chi connectivity index (χ3v) is 8.88. The van der Waals surface area contributed by atoms with Crippen molar-refractivity contribution < 1.29 is 33.7 Å². The number of non-ortho nitro benzene ring substituents is 1. The fraction of sp³-hybridized carbons (Fsp3) is 0.438. The zero-order valence-corrected chi connectivity index (χ0v) is 24.5. The molecule has 2 N–H and O–H groups in total. The Hall–Kier alpha value is -3.83. The molecule has 226 valence electrons. The van der Waals surface area contributed by atoms with Gasteiger partial charge in [-0.15, -0.1) is 0 Å². The number of hydrogen-bond donors (Lipinski definition) is 2. The molecule has 2 saturated heterocycles. The Bertz CT molecular complexity index is 1510. The highest BCUT2D eigenvalue weighted by Crippen LogP contribution is 2.52. The smallest absolute Gasteiger partial charge is 0.455 e. The second kappa shape index (κ2) is 12.4. The number of phenols is 1. The topological polar surface area (TPSA) is 130 Å². The summed E-state index contributed by atoms with van der Waals surface area (Å²) in [5, 5.41) is 31.8. The van der Waals surface area contributed by atoms with Gasteiger partial charge in [0.05, 0.1) is 28.6 Å². The van der Waals surface area contributed by atoms with E-state index < -0.39 is 53.4 Å². The van der Waals surface area contributed by atoms with Crippen LogP contribution in [0.25, 0.3) is 6.08 Å². The molecule has 1 aliphatic carbocycles. The third kappa shape index (κ3) is 6.01. The summed E-state index contributed by atoms with van der Waals surface area (Å²) in [5.41, 5.74) is 3.69. The maximum atomic E-state index is 14.0. The van der Waals surface area contributed by atoms with Gasteiger partial charge >= 0.3 is 7.12 Å². The highest BCUT2D eigenvalue weighted by atomic mass is 19.1. The number of nitro groups is 1. The molecule has 11 heteroatoms. The molecule has 3 aliphatic rings. The van der Waals surface area contributed by atoms with Crippen molar-refractivity contribution in [3.05, 3.63) is 80.7 Å². The number of aromatic hydroxyl groups is 1. The standard InChI is InChI=1S/C32H36BFN2O7/c1-4-6-19(13-20-9-11-27(37)26(34)14-20)10-12-28-29-23(18(2)3)16-24-30(25(29)17-33(40)43-28)32(39)35(31(24)38)21-7-5-8-22(15-21)36(41)42/h5,7-9,11,13-15,18,24-25,28,30,37,40H,4,6,10,12,16-17H2,1-3H3/b19-13+/t24-,25+,28-,30-/m1/s1. The average molecular weight is 590 g/mol. The Labute approximate surface area is 250 Å². The average Bonchev–Trinajstić information content (AvgIpc) is 3.22. The second-order valence-corrected chi connectivity index (χ2v) is 12.0. The first-order chi connectivity index (χ1) is 20.5. The van der Waals surface area contributed by atoms with Gasteiger partial charge < -0.3 is 14.8 Å². The van der Waals surface area contributed by atoms with Gasteiger partial charge in [-0.25, -0.2) is 9.29 Å². The number of imide groups is 1. The molecule has 2 aromatic rings. The second-order valence-electron chi connectivity index (χ2n) is 12.0. The maximum Gasteiger partial charge on any atom is 0.455 e. The molecule has 0 spiro atoms.